The Bertz CT molecular complexity index is 1530. The lowest BCUT2D eigenvalue weighted by molar-refractivity contribution is -0.153. The second-order valence-electron chi connectivity index (χ2n) is 9.91. The first-order chi connectivity index (χ1) is 18.0. The summed E-state index contributed by atoms with van der Waals surface area (Å²) < 4.78 is 0. The van der Waals surface area contributed by atoms with Crippen LogP contribution in [0.2, 0.25) is 0 Å². The summed E-state index contributed by atoms with van der Waals surface area (Å²) >= 11 is 0. The summed E-state index contributed by atoms with van der Waals surface area (Å²) in [6.07, 6.45) is 1.77. The predicted molar refractivity (Wildman–Crippen MR) is 134 cm³/mol. The molecule has 10 nitrogen and oxygen atoms in total. The van der Waals surface area contributed by atoms with Crippen LogP contribution >= 0.6 is 0 Å². The Kier molecular flexibility index (Phi) is 5.86. The fraction of sp³-hybridized carbons (Fsp3) is 0.286. The third-order valence-corrected chi connectivity index (χ3v) is 7.59. The van der Waals surface area contributed by atoms with E-state index in [4.69, 9.17) is 5.73 Å². The Balaban J connectivity index is 1.69. The topological polar surface area (TPSA) is 174 Å². The van der Waals surface area contributed by atoms with Gasteiger partial charge in [-0.2, -0.15) is 0 Å². The number of likely N-dealkylation sites (N-methyl/N-ethyl adjacent to an activating group) is 1. The second-order valence-corrected chi connectivity index (χ2v) is 9.91. The van der Waals surface area contributed by atoms with E-state index in [1.807, 2.05) is 0 Å². The highest BCUT2D eigenvalue weighted by Gasteiger charge is 2.64. The largest absolute Gasteiger partial charge is 0.508 e. The number of amides is 1. The Morgan fingerprint density at radius 1 is 1.13 bits per heavy atom. The van der Waals surface area contributed by atoms with E-state index in [-0.39, 0.29) is 29.7 Å². The summed E-state index contributed by atoms with van der Waals surface area (Å²) in [5.74, 6) is -0.943. The van der Waals surface area contributed by atoms with Crippen LogP contribution in [0.3, 0.4) is 0 Å². The third-order valence-electron chi connectivity index (χ3n) is 7.59. The number of carbonyl (C=O) groups is 3. The summed E-state index contributed by atoms with van der Waals surface area (Å²) in [5, 5.41) is 44.4. The van der Waals surface area contributed by atoms with Crippen LogP contribution in [0, 0.1) is 23.7 Å². The number of fused-ring (bicyclic) bond motifs is 3. The molecule has 0 bridgehead atoms. The molecule has 0 saturated heterocycles. The lowest BCUT2D eigenvalue weighted by Gasteiger charge is -2.50. The lowest BCUT2D eigenvalue weighted by Crippen LogP contribution is -2.65. The Morgan fingerprint density at radius 3 is 2.50 bits per heavy atom. The SMILES string of the molecule is CN(C)C1C(=O)C(C(N)=O)=C(O)C2(O)C(=O)C3=C(O)c4c(O)ccc(C#Cc5ccccn5)c4CC3CC12. The van der Waals surface area contributed by atoms with Crippen molar-refractivity contribution in [3.05, 3.63) is 75.8 Å². The minimum Gasteiger partial charge on any atom is -0.508 e. The maximum atomic E-state index is 13.8. The molecule has 1 aromatic carbocycles. The van der Waals surface area contributed by atoms with Crippen LogP contribution in [0.1, 0.15) is 28.8 Å². The number of benzene rings is 1. The molecule has 1 heterocycles. The van der Waals surface area contributed by atoms with Crippen molar-refractivity contribution in [1.82, 2.24) is 9.88 Å². The van der Waals surface area contributed by atoms with Crippen molar-refractivity contribution in [3.8, 4) is 17.6 Å². The molecule has 4 atom stereocenters. The number of rotatable bonds is 2. The fourth-order valence-corrected chi connectivity index (χ4v) is 5.93. The van der Waals surface area contributed by atoms with E-state index in [9.17, 15) is 34.8 Å². The van der Waals surface area contributed by atoms with E-state index < -0.39 is 58.0 Å². The van der Waals surface area contributed by atoms with Gasteiger partial charge in [-0.25, -0.2) is 4.98 Å². The zero-order valence-corrected chi connectivity index (χ0v) is 20.6. The normalized spacial score (nSPS) is 26.4. The summed E-state index contributed by atoms with van der Waals surface area (Å²) in [6, 6.07) is 7.09. The molecule has 0 aliphatic heterocycles. The number of nitrogens with two attached hydrogens (primary N) is 1. The van der Waals surface area contributed by atoms with Gasteiger partial charge >= 0.3 is 0 Å². The highest BCUT2D eigenvalue weighted by atomic mass is 16.3. The maximum Gasteiger partial charge on any atom is 0.255 e. The van der Waals surface area contributed by atoms with Crippen molar-refractivity contribution in [3.63, 3.8) is 0 Å². The van der Waals surface area contributed by atoms with E-state index in [0.29, 0.717) is 16.8 Å². The van der Waals surface area contributed by atoms with Crippen molar-refractivity contribution >= 4 is 23.2 Å². The van der Waals surface area contributed by atoms with Crippen LogP contribution in [-0.2, 0) is 20.8 Å². The number of pyridine rings is 1. The number of aromatic nitrogens is 1. The number of phenols is 1. The lowest BCUT2D eigenvalue weighted by atomic mass is 9.57. The molecule has 194 valence electrons. The number of aromatic hydroxyl groups is 1. The zero-order valence-electron chi connectivity index (χ0n) is 20.6. The number of primary amides is 1. The van der Waals surface area contributed by atoms with Gasteiger partial charge in [-0.3, -0.25) is 19.3 Å². The van der Waals surface area contributed by atoms with Gasteiger partial charge < -0.3 is 26.2 Å². The van der Waals surface area contributed by atoms with Crippen LogP contribution < -0.4 is 5.73 Å². The first-order valence-electron chi connectivity index (χ1n) is 11.9. The van der Waals surface area contributed by atoms with Crippen molar-refractivity contribution < 1.29 is 34.8 Å². The monoisotopic (exact) mass is 515 g/mol. The van der Waals surface area contributed by atoms with Crippen molar-refractivity contribution in [2.45, 2.75) is 24.5 Å². The molecule has 1 saturated carbocycles. The van der Waals surface area contributed by atoms with Gasteiger partial charge in [0.2, 0.25) is 5.78 Å². The number of hydrogen-bond acceptors (Lipinski definition) is 9. The Hall–Kier alpha value is -4.46. The number of nitrogens with zero attached hydrogens (tertiary/aromatic N) is 2. The molecule has 0 radical (unpaired) electrons. The number of Topliss-reactive ketones (excluding diaryl/α,β-unsaturated/α-hetero) is 2. The summed E-state index contributed by atoms with van der Waals surface area (Å²) in [7, 11) is 3.10. The van der Waals surface area contributed by atoms with Gasteiger partial charge in [0, 0.05) is 23.3 Å². The number of aliphatic hydroxyl groups is 3. The molecule has 3 aliphatic carbocycles. The standard InChI is InChI=1S/C28H25N3O7/c1-31(2)22-17-12-14-11-16-13(6-8-15-5-3-4-10-30-15)7-9-18(32)20(16)23(33)19(14)25(35)28(17,38)26(36)21(24(22)34)27(29)37/h3-5,7,9-10,14,17,22,32-33,36,38H,11-12H2,1-2H3,(H2,29,37). The number of aliphatic hydroxyl groups excluding tert-OH is 2. The minimum absolute atomic E-state index is 0.00545. The van der Waals surface area contributed by atoms with Gasteiger partial charge in [0.25, 0.3) is 5.91 Å². The van der Waals surface area contributed by atoms with Gasteiger partial charge in [-0.1, -0.05) is 12.0 Å². The van der Waals surface area contributed by atoms with Crippen LogP contribution in [0.4, 0.5) is 0 Å². The highest BCUT2D eigenvalue weighted by Crippen LogP contribution is 2.52. The molecule has 1 fully saturated rings. The summed E-state index contributed by atoms with van der Waals surface area (Å²) in [5.41, 5.74) is 3.13. The van der Waals surface area contributed by atoms with Gasteiger partial charge in [0.15, 0.2) is 11.4 Å². The first kappa shape index (κ1) is 25.2. The summed E-state index contributed by atoms with van der Waals surface area (Å²) in [6.45, 7) is 0. The van der Waals surface area contributed by atoms with Crippen molar-refractivity contribution in [2.75, 3.05) is 14.1 Å². The van der Waals surface area contributed by atoms with E-state index in [0.717, 1.165) is 0 Å². The second kappa shape index (κ2) is 8.83. The predicted octanol–water partition coefficient (Wildman–Crippen LogP) is 0.759. The molecule has 2 aromatic rings. The molecule has 1 aromatic heterocycles. The van der Waals surface area contributed by atoms with Crippen LogP contribution in [0.15, 0.2) is 53.4 Å². The molecular formula is C28H25N3O7. The van der Waals surface area contributed by atoms with E-state index in [1.165, 1.54) is 11.0 Å². The third kappa shape index (κ3) is 3.51. The number of ketones is 2. The molecule has 10 heteroatoms. The van der Waals surface area contributed by atoms with Crippen molar-refractivity contribution in [1.29, 1.82) is 0 Å². The van der Waals surface area contributed by atoms with Crippen LogP contribution in [-0.4, -0.2) is 73.5 Å². The average Bonchev–Trinajstić information content (AvgIpc) is 2.86. The maximum absolute atomic E-state index is 13.8. The minimum atomic E-state index is -2.67. The fourth-order valence-electron chi connectivity index (χ4n) is 5.93. The Labute approximate surface area is 217 Å². The van der Waals surface area contributed by atoms with Gasteiger partial charge in [-0.15, -0.1) is 0 Å². The first-order valence-corrected chi connectivity index (χ1v) is 11.9. The number of carbonyl (C=O) groups excluding carboxylic acids is 3. The van der Waals surface area contributed by atoms with Crippen molar-refractivity contribution in [2.24, 2.45) is 17.6 Å². The molecule has 4 unspecified atom stereocenters. The van der Waals surface area contributed by atoms with Crippen LogP contribution in [0.5, 0.6) is 5.75 Å². The number of hydrogen-bond donors (Lipinski definition) is 5. The zero-order chi connectivity index (χ0) is 27.5. The molecule has 38 heavy (non-hydrogen) atoms. The molecule has 1 amide bonds. The Morgan fingerprint density at radius 2 is 1.87 bits per heavy atom. The smallest absolute Gasteiger partial charge is 0.255 e. The van der Waals surface area contributed by atoms with Crippen LogP contribution in [0.25, 0.3) is 5.76 Å². The van der Waals surface area contributed by atoms with E-state index in [1.54, 1.807) is 44.6 Å². The molecular weight excluding hydrogens is 490 g/mol. The van der Waals surface area contributed by atoms with Gasteiger partial charge in [0.05, 0.1) is 11.6 Å². The molecule has 3 aliphatic rings. The number of phenolic OH excluding ortho intramolecular Hbond substituents is 1. The quantitative estimate of drug-likeness (QED) is 0.286. The molecule has 5 rings (SSSR count). The van der Waals surface area contributed by atoms with Gasteiger partial charge in [0.1, 0.15) is 28.5 Å². The van der Waals surface area contributed by atoms with E-state index in [2.05, 4.69) is 16.8 Å². The molecule has 0 spiro atoms. The molecule has 6 N–H and O–H groups in total. The highest BCUT2D eigenvalue weighted by molar-refractivity contribution is 6.24. The average molecular weight is 516 g/mol. The van der Waals surface area contributed by atoms with Gasteiger partial charge in [-0.05, 0) is 68.6 Å². The van der Waals surface area contributed by atoms with E-state index >= 15 is 0 Å². The summed E-state index contributed by atoms with van der Waals surface area (Å²) in [4.78, 5) is 44.7.